The van der Waals surface area contributed by atoms with Gasteiger partial charge in [0.15, 0.2) is 0 Å². The van der Waals surface area contributed by atoms with Crippen LogP contribution in [0.1, 0.15) is 28.5 Å². The van der Waals surface area contributed by atoms with E-state index in [1.807, 2.05) is 4.57 Å². The molecule has 3 N–H and O–H groups in total. The maximum Gasteiger partial charge on any atom is 0.573 e. The molecule has 0 bridgehead atoms. The van der Waals surface area contributed by atoms with Crippen molar-refractivity contribution in [2.75, 3.05) is 13.2 Å². The highest BCUT2D eigenvalue weighted by atomic mass is 19.4. The maximum atomic E-state index is 12.7. The molecule has 0 aliphatic carbocycles. The molecule has 1 aliphatic heterocycles. The molecule has 1 aromatic heterocycles. The predicted molar refractivity (Wildman–Crippen MR) is 111 cm³/mol. The van der Waals surface area contributed by atoms with Crippen molar-refractivity contribution in [2.45, 2.75) is 25.4 Å². The van der Waals surface area contributed by atoms with Gasteiger partial charge in [-0.3, -0.25) is 4.79 Å². The molecule has 1 amide bonds. The molecule has 0 saturated heterocycles. The van der Waals surface area contributed by atoms with Crippen LogP contribution in [0.25, 0.3) is 22.4 Å². The Hall–Kier alpha value is -3.30. The zero-order chi connectivity index (χ0) is 22.9. The smallest absolute Gasteiger partial charge is 0.406 e. The molecule has 0 radical (unpaired) electrons. The number of carbonyl (C=O) groups excluding carboxylic acids is 1. The van der Waals surface area contributed by atoms with Gasteiger partial charge in [-0.1, -0.05) is 36.4 Å². The molecular weight excluding hydrogens is 425 g/mol. The van der Waals surface area contributed by atoms with Crippen molar-refractivity contribution >= 4 is 5.91 Å². The molecule has 0 saturated carbocycles. The maximum absolute atomic E-state index is 12.7. The van der Waals surface area contributed by atoms with Crippen LogP contribution in [0.3, 0.4) is 0 Å². The van der Waals surface area contributed by atoms with Gasteiger partial charge in [0.1, 0.15) is 11.4 Å². The second-order valence-corrected chi connectivity index (χ2v) is 7.47. The summed E-state index contributed by atoms with van der Waals surface area (Å²) < 4.78 is 44.1. The standard InChI is InChI=1S/C23H21F3N2O4/c24-23(25,26)32-18-3-1-2-16(10-18)19-11-20-22(31)27-12-17(8-9-29)28(20)21(19)15-6-4-14(13-30)5-7-15/h1-7,10-11,17,29-30H,8-9,12-13H2,(H,27,31). The zero-order valence-electron chi connectivity index (χ0n) is 16.9. The van der Waals surface area contributed by atoms with Crippen molar-refractivity contribution in [3.63, 3.8) is 0 Å². The largest absolute Gasteiger partial charge is 0.573 e. The molecule has 0 spiro atoms. The van der Waals surface area contributed by atoms with E-state index >= 15 is 0 Å². The molecule has 1 atom stereocenters. The fraction of sp³-hybridized carbons (Fsp3) is 0.261. The number of nitrogens with zero attached hydrogens (tertiary/aromatic N) is 1. The van der Waals surface area contributed by atoms with Crippen molar-refractivity contribution in [1.82, 2.24) is 9.88 Å². The lowest BCUT2D eigenvalue weighted by Crippen LogP contribution is -2.39. The van der Waals surface area contributed by atoms with Crippen LogP contribution in [0, 0.1) is 0 Å². The number of fused-ring (bicyclic) bond motifs is 1. The first-order valence-electron chi connectivity index (χ1n) is 10.0. The van der Waals surface area contributed by atoms with Crippen molar-refractivity contribution < 1.29 is 32.9 Å². The van der Waals surface area contributed by atoms with Gasteiger partial charge in [0, 0.05) is 18.7 Å². The highest BCUT2D eigenvalue weighted by Gasteiger charge is 2.32. The van der Waals surface area contributed by atoms with E-state index < -0.39 is 6.36 Å². The Morgan fingerprint density at radius 2 is 1.81 bits per heavy atom. The normalized spacial score (nSPS) is 15.9. The first-order valence-corrected chi connectivity index (χ1v) is 10.0. The van der Waals surface area contributed by atoms with Gasteiger partial charge in [-0.2, -0.15) is 0 Å². The Kier molecular flexibility index (Phi) is 5.94. The third-order valence-corrected chi connectivity index (χ3v) is 5.38. The van der Waals surface area contributed by atoms with Gasteiger partial charge in [-0.05, 0) is 41.3 Å². The minimum absolute atomic E-state index is 0.0920. The highest BCUT2D eigenvalue weighted by Crippen LogP contribution is 2.40. The summed E-state index contributed by atoms with van der Waals surface area (Å²) in [4.78, 5) is 12.6. The number of aliphatic hydroxyl groups is 2. The van der Waals surface area contributed by atoms with Gasteiger partial charge in [0.25, 0.3) is 5.91 Å². The number of aliphatic hydroxyl groups excluding tert-OH is 2. The number of rotatable bonds is 6. The van der Waals surface area contributed by atoms with E-state index in [0.29, 0.717) is 41.0 Å². The second-order valence-electron chi connectivity index (χ2n) is 7.47. The molecule has 4 rings (SSSR count). The van der Waals surface area contributed by atoms with E-state index in [9.17, 15) is 28.2 Å². The fourth-order valence-electron chi connectivity index (χ4n) is 4.00. The minimum Gasteiger partial charge on any atom is -0.406 e. The SMILES string of the molecule is O=C1NCC(CCO)n2c1cc(-c1cccc(OC(F)(F)F)c1)c2-c1ccc(CO)cc1. The van der Waals surface area contributed by atoms with Crippen LogP contribution in [0.2, 0.25) is 0 Å². The van der Waals surface area contributed by atoms with Crippen molar-refractivity contribution in [2.24, 2.45) is 0 Å². The number of carbonyl (C=O) groups is 1. The molecule has 2 heterocycles. The van der Waals surface area contributed by atoms with Crippen molar-refractivity contribution in [3.8, 4) is 28.1 Å². The number of hydrogen-bond donors (Lipinski definition) is 3. The summed E-state index contributed by atoms with van der Waals surface area (Å²) in [6.45, 7) is 0.0938. The molecule has 9 heteroatoms. The van der Waals surface area contributed by atoms with Gasteiger partial charge in [0.05, 0.1) is 18.3 Å². The Labute approximate surface area is 181 Å². The number of amides is 1. The molecule has 0 fully saturated rings. The molecule has 168 valence electrons. The van der Waals surface area contributed by atoms with Crippen molar-refractivity contribution in [1.29, 1.82) is 0 Å². The van der Waals surface area contributed by atoms with Gasteiger partial charge < -0.3 is 24.8 Å². The van der Waals surface area contributed by atoms with Crippen LogP contribution in [-0.2, 0) is 6.61 Å². The first kappa shape index (κ1) is 21.9. The Morgan fingerprint density at radius 3 is 2.47 bits per heavy atom. The van der Waals surface area contributed by atoms with Crippen LogP contribution < -0.4 is 10.1 Å². The average Bonchev–Trinajstić information content (AvgIpc) is 3.17. The number of aromatic nitrogens is 1. The van der Waals surface area contributed by atoms with Crippen LogP contribution in [-0.4, -0.2) is 40.2 Å². The van der Waals surface area contributed by atoms with E-state index in [-0.39, 0.29) is 30.9 Å². The summed E-state index contributed by atoms with van der Waals surface area (Å²) in [5, 5.41) is 21.7. The minimum atomic E-state index is -4.83. The summed E-state index contributed by atoms with van der Waals surface area (Å²) in [7, 11) is 0. The third kappa shape index (κ3) is 4.35. The lowest BCUT2D eigenvalue weighted by molar-refractivity contribution is -0.274. The Morgan fingerprint density at radius 1 is 1.06 bits per heavy atom. The van der Waals surface area contributed by atoms with Gasteiger partial charge in [-0.15, -0.1) is 13.2 Å². The number of alkyl halides is 3. The molecule has 2 aromatic carbocycles. The Bertz CT molecular complexity index is 1120. The van der Waals surface area contributed by atoms with E-state index in [2.05, 4.69) is 10.1 Å². The van der Waals surface area contributed by atoms with E-state index in [4.69, 9.17) is 0 Å². The predicted octanol–water partition coefficient (Wildman–Crippen LogP) is 3.88. The van der Waals surface area contributed by atoms with E-state index in [0.717, 1.165) is 5.56 Å². The van der Waals surface area contributed by atoms with Crippen LogP contribution >= 0.6 is 0 Å². The lowest BCUT2D eigenvalue weighted by Gasteiger charge is -2.28. The summed E-state index contributed by atoms with van der Waals surface area (Å²) in [5.41, 5.74) is 3.43. The van der Waals surface area contributed by atoms with Crippen LogP contribution in [0.5, 0.6) is 5.75 Å². The fourth-order valence-corrected chi connectivity index (χ4v) is 4.00. The van der Waals surface area contributed by atoms with E-state index in [1.165, 1.54) is 18.2 Å². The number of ether oxygens (including phenoxy) is 1. The quantitative estimate of drug-likeness (QED) is 0.537. The van der Waals surface area contributed by atoms with Gasteiger partial charge in [0.2, 0.25) is 0 Å². The Balaban J connectivity index is 1.92. The topological polar surface area (TPSA) is 83.7 Å². The number of benzene rings is 2. The number of hydrogen-bond acceptors (Lipinski definition) is 4. The highest BCUT2D eigenvalue weighted by molar-refractivity contribution is 5.98. The summed E-state index contributed by atoms with van der Waals surface area (Å²) >= 11 is 0. The van der Waals surface area contributed by atoms with Gasteiger partial charge in [-0.25, -0.2) is 0 Å². The van der Waals surface area contributed by atoms with Crippen LogP contribution in [0.15, 0.2) is 54.6 Å². The monoisotopic (exact) mass is 446 g/mol. The second kappa shape index (κ2) is 8.68. The van der Waals surface area contributed by atoms with Gasteiger partial charge >= 0.3 is 6.36 Å². The summed E-state index contributed by atoms with van der Waals surface area (Å²) in [5.74, 6) is -0.668. The third-order valence-electron chi connectivity index (χ3n) is 5.38. The molecule has 6 nitrogen and oxygen atoms in total. The van der Waals surface area contributed by atoms with Crippen molar-refractivity contribution in [3.05, 3.63) is 65.9 Å². The average molecular weight is 446 g/mol. The molecule has 3 aromatic rings. The van der Waals surface area contributed by atoms with E-state index in [1.54, 1.807) is 36.4 Å². The zero-order valence-corrected chi connectivity index (χ0v) is 16.9. The number of halogens is 3. The lowest BCUT2D eigenvalue weighted by atomic mass is 9.99. The summed E-state index contributed by atoms with van der Waals surface area (Å²) in [6, 6.07) is 14.1. The first-order chi connectivity index (χ1) is 15.3. The number of nitrogens with one attached hydrogen (secondary N) is 1. The molecular formula is C23H21F3N2O4. The summed E-state index contributed by atoms with van der Waals surface area (Å²) in [6.07, 6.45) is -4.44. The van der Waals surface area contributed by atoms with Crippen LogP contribution in [0.4, 0.5) is 13.2 Å². The molecule has 1 unspecified atom stereocenters. The molecule has 1 aliphatic rings. The molecule has 32 heavy (non-hydrogen) atoms.